The third kappa shape index (κ3) is 5.51. The van der Waals surface area contributed by atoms with Gasteiger partial charge >= 0.3 is 5.97 Å². The molecular weight excluding hydrogens is 416 g/mol. The van der Waals surface area contributed by atoms with Crippen molar-refractivity contribution in [1.29, 1.82) is 0 Å². The lowest BCUT2D eigenvalue weighted by Crippen LogP contribution is -2.36. The summed E-state index contributed by atoms with van der Waals surface area (Å²) in [5.41, 5.74) is 2.45. The van der Waals surface area contributed by atoms with E-state index < -0.39 is 27.9 Å². The molecule has 2 aromatic rings. The quantitative estimate of drug-likeness (QED) is 0.681. The smallest absolute Gasteiger partial charge is 0.305 e. The molecule has 2 aromatic carbocycles. The molecule has 3 rings (SSSR count). The average Bonchev–Trinajstić information content (AvgIpc) is 2.74. The number of carbonyl (C=O) groups is 2. The largest absolute Gasteiger partial charge is 0.481 e. The van der Waals surface area contributed by atoms with Crippen molar-refractivity contribution in [2.75, 3.05) is 13.1 Å². The number of rotatable bonds is 7. The first-order valence-corrected chi connectivity index (χ1v) is 11.8. The lowest BCUT2D eigenvalue weighted by atomic mass is 10.0. The predicted molar refractivity (Wildman–Crippen MR) is 117 cm³/mol. The molecule has 1 fully saturated rings. The van der Waals surface area contributed by atoms with Gasteiger partial charge < -0.3 is 10.4 Å². The number of carboxylic acids is 1. The molecule has 0 aliphatic carbocycles. The van der Waals surface area contributed by atoms with Gasteiger partial charge in [0.05, 0.1) is 17.4 Å². The molecule has 0 spiro atoms. The van der Waals surface area contributed by atoms with Gasteiger partial charge in [-0.2, -0.15) is 4.31 Å². The number of carbonyl (C=O) groups excluding carboxylic acids is 1. The lowest BCUT2D eigenvalue weighted by Gasteiger charge is -2.26. The minimum atomic E-state index is -3.69. The number of hydrogen-bond acceptors (Lipinski definition) is 4. The standard InChI is InChI=1S/C23H28N2O5S/c1-16-6-9-18(10-7-16)20(15-22(26)27)24-23(28)19-11-8-17(2)21(14-19)31(29,30)25-12-4-3-5-13-25/h6-11,14,20H,3-5,12-13,15H2,1-2H3,(H,24,28)(H,26,27)/t20-/m1/s1. The summed E-state index contributed by atoms with van der Waals surface area (Å²) in [7, 11) is -3.69. The monoisotopic (exact) mass is 444 g/mol. The normalized spacial score (nSPS) is 15.9. The third-order valence-corrected chi connectivity index (χ3v) is 7.59. The van der Waals surface area contributed by atoms with Gasteiger partial charge in [-0.05, 0) is 49.9 Å². The Bertz CT molecular complexity index is 1060. The van der Waals surface area contributed by atoms with Crippen LogP contribution >= 0.6 is 0 Å². The van der Waals surface area contributed by atoms with Crippen molar-refractivity contribution in [3.63, 3.8) is 0 Å². The summed E-state index contributed by atoms with van der Waals surface area (Å²) in [6.07, 6.45) is 2.38. The Hall–Kier alpha value is -2.71. The van der Waals surface area contributed by atoms with E-state index in [0.29, 0.717) is 24.2 Å². The molecule has 8 heteroatoms. The molecule has 7 nitrogen and oxygen atoms in total. The molecule has 0 unspecified atom stereocenters. The van der Waals surface area contributed by atoms with Crippen molar-refractivity contribution >= 4 is 21.9 Å². The molecule has 1 aliphatic rings. The summed E-state index contributed by atoms with van der Waals surface area (Å²) < 4.78 is 27.7. The van der Waals surface area contributed by atoms with Crippen LogP contribution in [-0.2, 0) is 14.8 Å². The van der Waals surface area contributed by atoms with Crippen molar-refractivity contribution in [2.45, 2.75) is 50.5 Å². The summed E-state index contributed by atoms with van der Waals surface area (Å²) in [4.78, 5) is 24.4. The van der Waals surface area contributed by atoms with Crippen molar-refractivity contribution in [3.05, 3.63) is 64.7 Å². The Kier molecular flexibility index (Phi) is 7.12. The van der Waals surface area contributed by atoms with E-state index in [1.807, 2.05) is 19.1 Å². The van der Waals surface area contributed by atoms with Crippen molar-refractivity contribution < 1.29 is 23.1 Å². The SMILES string of the molecule is Cc1ccc([C@@H](CC(=O)O)NC(=O)c2ccc(C)c(S(=O)(=O)N3CCCCC3)c2)cc1. The highest BCUT2D eigenvalue weighted by Crippen LogP contribution is 2.25. The molecule has 0 saturated carbocycles. The Labute approximate surface area is 183 Å². The molecule has 0 bridgehead atoms. The summed E-state index contributed by atoms with van der Waals surface area (Å²) in [6.45, 7) is 4.59. The van der Waals surface area contributed by atoms with Crippen molar-refractivity contribution in [3.8, 4) is 0 Å². The van der Waals surface area contributed by atoms with Gasteiger partial charge in [-0.3, -0.25) is 9.59 Å². The Morgan fingerprint density at radius 3 is 2.29 bits per heavy atom. The van der Waals surface area contributed by atoms with Crippen LogP contribution < -0.4 is 5.32 Å². The Balaban J connectivity index is 1.87. The number of nitrogens with zero attached hydrogens (tertiary/aromatic N) is 1. The van der Waals surface area contributed by atoms with E-state index in [2.05, 4.69) is 5.32 Å². The van der Waals surface area contributed by atoms with E-state index in [4.69, 9.17) is 0 Å². The highest BCUT2D eigenvalue weighted by molar-refractivity contribution is 7.89. The van der Waals surface area contributed by atoms with E-state index >= 15 is 0 Å². The first kappa shape index (κ1) is 23.0. The van der Waals surface area contributed by atoms with Gasteiger partial charge in [0.2, 0.25) is 10.0 Å². The van der Waals surface area contributed by atoms with E-state index in [1.165, 1.54) is 10.4 Å². The first-order valence-electron chi connectivity index (χ1n) is 10.4. The second-order valence-electron chi connectivity index (χ2n) is 7.98. The van der Waals surface area contributed by atoms with Gasteiger partial charge in [-0.1, -0.05) is 42.3 Å². The highest BCUT2D eigenvalue weighted by Gasteiger charge is 2.28. The second-order valence-corrected chi connectivity index (χ2v) is 9.89. The van der Waals surface area contributed by atoms with Crippen LogP contribution in [0.25, 0.3) is 0 Å². The van der Waals surface area contributed by atoms with Gasteiger partial charge in [-0.15, -0.1) is 0 Å². The molecule has 1 amide bonds. The molecule has 1 heterocycles. The average molecular weight is 445 g/mol. The summed E-state index contributed by atoms with van der Waals surface area (Å²) in [6, 6.07) is 11.1. The van der Waals surface area contributed by atoms with Gasteiger partial charge in [0.1, 0.15) is 0 Å². The number of piperidine rings is 1. The van der Waals surface area contributed by atoms with Gasteiger partial charge in [0, 0.05) is 18.7 Å². The summed E-state index contributed by atoms with van der Waals surface area (Å²) >= 11 is 0. The molecule has 166 valence electrons. The number of sulfonamides is 1. The molecule has 2 N–H and O–H groups in total. The summed E-state index contributed by atoms with van der Waals surface area (Å²) in [5, 5.41) is 12.0. The maximum atomic E-state index is 13.1. The predicted octanol–water partition coefficient (Wildman–Crippen LogP) is 3.42. The minimum absolute atomic E-state index is 0.118. The number of aryl methyl sites for hydroxylation is 2. The first-order chi connectivity index (χ1) is 14.7. The van der Waals surface area contributed by atoms with Crippen LogP contribution in [0.1, 0.15) is 58.8 Å². The summed E-state index contributed by atoms with van der Waals surface area (Å²) in [5.74, 6) is -1.55. The van der Waals surface area contributed by atoms with Crippen LogP contribution in [0.5, 0.6) is 0 Å². The van der Waals surface area contributed by atoms with Gasteiger partial charge in [0.25, 0.3) is 5.91 Å². The van der Waals surface area contributed by atoms with Gasteiger partial charge in [0.15, 0.2) is 0 Å². The molecule has 1 saturated heterocycles. The fraction of sp³-hybridized carbons (Fsp3) is 0.391. The molecule has 0 radical (unpaired) electrons. The minimum Gasteiger partial charge on any atom is -0.481 e. The van der Waals surface area contributed by atoms with E-state index in [-0.39, 0.29) is 16.9 Å². The number of hydrogen-bond donors (Lipinski definition) is 2. The molecule has 31 heavy (non-hydrogen) atoms. The van der Waals surface area contributed by atoms with E-state index in [9.17, 15) is 23.1 Å². The van der Waals surface area contributed by atoms with E-state index in [1.54, 1.807) is 31.2 Å². The zero-order valence-electron chi connectivity index (χ0n) is 17.8. The van der Waals surface area contributed by atoms with Crippen molar-refractivity contribution in [2.24, 2.45) is 0 Å². The second kappa shape index (κ2) is 9.62. The number of carboxylic acid groups (broad SMARTS) is 1. The Morgan fingerprint density at radius 2 is 1.68 bits per heavy atom. The van der Waals surface area contributed by atoms with Gasteiger partial charge in [-0.25, -0.2) is 8.42 Å². The molecule has 0 aromatic heterocycles. The number of amides is 1. The van der Waals surface area contributed by atoms with Crippen LogP contribution in [0.4, 0.5) is 0 Å². The third-order valence-electron chi connectivity index (χ3n) is 5.55. The zero-order chi connectivity index (χ0) is 22.6. The van der Waals surface area contributed by atoms with Crippen molar-refractivity contribution in [1.82, 2.24) is 9.62 Å². The zero-order valence-corrected chi connectivity index (χ0v) is 18.6. The van der Waals surface area contributed by atoms with Crippen LogP contribution in [-0.4, -0.2) is 42.8 Å². The van der Waals surface area contributed by atoms with Crippen LogP contribution in [0.2, 0.25) is 0 Å². The number of aliphatic carboxylic acids is 1. The number of benzene rings is 2. The number of nitrogens with one attached hydrogen (secondary N) is 1. The lowest BCUT2D eigenvalue weighted by molar-refractivity contribution is -0.137. The highest BCUT2D eigenvalue weighted by atomic mass is 32.2. The maximum Gasteiger partial charge on any atom is 0.305 e. The van der Waals surface area contributed by atoms with Crippen LogP contribution in [0.3, 0.4) is 0 Å². The van der Waals surface area contributed by atoms with Crippen LogP contribution in [0, 0.1) is 13.8 Å². The fourth-order valence-corrected chi connectivity index (χ4v) is 5.50. The maximum absolute atomic E-state index is 13.1. The molecule has 1 atom stereocenters. The van der Waals surface area contributed by atoms with E-state index in [0.717, 1.165) is 24.8 Å². The molecule has 1 aliphatic heterocycles. The topological polar surface area (TPSA) is 104 Å². The fourth-order valence-electron chi connectivity index (χ4n) is 3.73. The molecular formula is C23H28N2O5S. The Morgan fingerprint density at radius 1 is 1.03 bits per heavy atom. The van der Waals surface area contributed by atoms with Crippen LogP contribution in [0.15, 0.2) is 47.4 Å².